The van der Waals surface area contributed by atoms with Crippen LogP contribution >= 0.6 is 0 Å². The molecule has 2 aromatic heterocycles. The zero-order valence-corrected chi connectivity index (χ0v) is 11.4. The fraction of sp³-hybridized carbons (Fsp3) is 0.118. The Bertz CT molecular complexity index is 931. The van der Waals surface area contributed by atoms with Crippen molar-refractivity contribution in [3.8, 4) is 11.3 Å². The molecule has 0 atom stereocenters. The number of benzene rings is 2. The van der Waals surface area contributed by atoms with Gasteiger partial charge in [-0.3, -0.25) is 4.40 Å². The van der Waals surface area contributed by atoms with Gasteiger partial charge in [0.15, 0.2) is 0 Å². The minimum absolute atomic E-state index is 0.656. The van der Waals surface area contributed by atoms with Crippen LogP contribution in [0.5, 0.6) is 0 Å². The van der Waals surface area contributed by atoms with Crippen LogP contribution in [-0.4, -0.2) is 9.38 Å². The third-order valence-corrected chi connectivity index (χ3v) is 3.83. The van der Waals surface area contributed by atoms with E-state index in [0.717, 1.165) is 22.7 Å². The standard InChI is InChI=1S/C17H14N2O/c1-11-12(2)20-17-18-16(10-19(11)17)15-8-7-13-5-3-4-6-14(13)9-15/h3-10H,1-2H3. The summed E-state index contributed by atoms with van der Waals surface area (Å²) in [6, 6.07) is 14.7. The first kappa shape index (κ1) is 11.3. The highest BCUT2D eigenvalue weighted by molar-refractivity contribution is 5.86. The lowest BCUT2D eigenvalue weighted by Crippen LogP contribution is -1.82. The maximum atomic E-state index is 5.64. The van der Waals surface area contributed by atoms with E-state index in [1.54, 1.807) is 0 Å². The minimum atomic E-state index is 0.656. The van der Waals surface area contributed by atoms with Gasteiger partial charge in [-0.2, -0.15) is 4.98 Å². The van der Waals surface area contributed by atoms with E-state index in [2.05, 4.69) is 47.4 Å². The summed E-state index contributed by atoms with van der Waals surface area (Å²) in [5.74, 6) is 1.57. The van der Waals surface area contributed by atoms with Crippen molar-refractivity contribution in [1.82, 2.24) is 9.38 Å². The van der Waals surface area contributed by atoms with E-state index in [1.807, 2.05) is 24.4 Å². The van der Waals surface area contributed by atoms with Crippen molar-refractivity contribution in [1.29, 1.82) is 0 Å². The van der Waals surface area contributed by atoms with Gasteiger partial charge in [-0.15, -0.1) is 0 Å². The number of aryl methyl sites for hydroxylation is 2. The summed E-state index contributed by atoms with van der Waals surface area (Å²) in [6.07, 6.45) is 2.03. The smallest absolute Gasteiger partial charge is 0.306 e. The summed E-state index contributed by atoms with van der Waals surface area (Å²) in [5, 5.41) is 2.47. The van der Waals surface area contributed by atoms with Crippen molar-refractivity contribution >= 4 is 16.6 Å². The summed E-state index contributed by atoms with van der Waals surface area (Å²) < 4.78 is 7.64. The summed E-state index contributed by atoms with van der Waals surface area (Å²) in [7, 11) is 0. The Morgan fingerprint density at radius 1 is 1.00 bits per heavy atom. The second-order valence-corrected chi connectivity index (χ2v) is 5.08. The van der Waals surface area contributed by atoms with Crippen molar-refractivity contribution < 1.29 is 4.42 Å². The van der Waals surface area contributed by atoms with Crippen molar-refractivity contribution in [3.05, 3.63) is 60.1 Å². The summed E-state index contributed by atoms with van der Waals surface area (Å²) in [4.78, 5) is 4.57. The summed E-state index contributed by atoms with van der Waals surface area (Å²) >= 11 is 0. The number of hydrogen-bond donors (Lipinski definition) is 0. The molecule has 0 bridgehead atoms. The SMILES string of the molecule is Cc1oc2nc(-c3ccc4ccccc4c3)cn2c1C. The van der Waals surface area contributed by atoms with Crippen LogP contribution in [0.2, 0.25) is 0 Å². The third kappa shape index (κ3) is 1.56. The van der Waals surface area contributed by atoms with Gasteiger partial charge in [0, 0.05) is 11.8 Å². The summed E-state index contributed by atoms with van der Waals surface area (Å²) in [6.45, 7) is 4.00. The third-order valence-electron chi connectivity index (χ3n) is 3.83. The van der Waals surface area contributed by atoms with Crippen LogP contribution in [0.3, 0.4) is 0 Å². The number of oxazole rings is 1. The van der Waals surface area contributed by atoms with E-state index >= 15 is 0 Å². The van der Waals surface area contributed by atoms with Crippen LogP contribution in [0.15, 0.2) is 53.1 Å². The largest absolute Gasteiger partial charge is 0.428 e. The van der Waals surface area contributed by atoms with Crippen LogP contribution in [-0.2, 0) is 0 Å². The maximum Gasteiger partial charge on any atom is 0.306 e. The Labute approximate surface area is 116 Å². The highest BCUT2D eigenvalue weighted by Gasteiger charge is 2.11. The zero-order valence-electron chi connectivity index (χ0n) is 11.4. The molecule has 20 heavy (non-hydrogen) atoms. The molecule has 0 spiro atoms. The number of nitrogens with zero attached hydrogens (tertiary/aromatic N) is 2. The van der Waals surface area contributed by atoms with E-state index in [-0.39, 0.29) is 0 Å². The van der Waals surface area contributed by atoms with Gasteiger partial charge >= 0.3 is 5.84 Å². The molecule has 98 valence electrons. The monoisotopic (exact) mass is 262 g/mol. The minimum Gasteiger partial charge on any atom is -0.428 e. The molecule has 3 heteroatoms. The van der Waals surface area contributed by atoms with E-state index < -0.39 is 0 Å². The van der Waals surface area contributed by atoms with E-state index in [0.29, 0.717) is 5.84 Å². The molecule has 0 unspecified atom stereocenters. The fourth-order valence-corrected chi connectivity index (χ4v) is 2.54. The highest BCUT2D eigenvalue weighted by Crippen LogP contribution is 2.25. The lowest BCUT2D eigenvalue weighted by Gasteiger charge is -2.00. The molecule has 0 aliphatic heterocycles. The molecule has 0 aliphatic rings. The van der Waals surface area contributed by atoms with Crippen molar-refractivity contribution in [2.45, 2.75) is 13.8 Å². The topological polar surface area (TPSA) is 30.4 Å². The normalized spacial score (nSPS) is 11.5. The van der Waals surface area contributed by atoms with Gasteiger partial charge in [-0.1, -0.05) is 36.4 Å². The molecule has 0 N–H and O–H groups in total. The van der Waals surface area contributed by atoms with E-state index in [9.17, 15) is 0 Å². The molecule has 4 rings (SSSR count). The fourth-order valence-electron chi connectivity index (χ4n) is 2.54. The number of fused-ring (bicyclic) bond motifs is 2. The van der Waals surface area contributed by atoms with Gasteiger partial charge in [0.25, 0.3) is 0 Å². The van der Waals surface area contributed by atoms with Crippen LogP contribution in [0.1, 0.15) is 11.5 Å². The van der Waals surface area contributed by atoms with Gasteiger partial charge < -0.3 is 4.42 Å². The van der Waals surface area contributed by atoms with Gasteiger partial charge in [0.05, 0.1) is 11.4 Å². The molecular formula is C17H14N2O. The second-order valence-electron chi connectivity index (χ2n) is 5.08. The maximum absolute atomic E-state index is 5.64. The number of hydrogen-bond acceptors (Lipinski definition) is 2. The molecule has 0 saturated carbocycles. The van der Waals surface area contributed by atoms with Gasteiger partial charge in [-0.05, 0) is 30.7 Å². The van der Waals surface area contributed by atoms with Crippen LogP contribution in [0.4, 0.5) is 0 Å². The predicted octanol–water partition coefficient (Wildman–Crippen LogP) is 4.36. The van der Waals surface area contributed by atoms with Gasteiger partial charge in [0.1, 0.15) is 5.76 Å². The molecule has 0 amide bonds. The quantitative estimate of drug-likeness (QED) is 0.510. The average Bonchev–Trinajstić information content (AvgIpc) is 2.99. The Hall–Kier alpha value is -2.55. The number of imidazole rings is 1. The molecule has 0 saturated heterocycles. The molecule has 0 fully saturated rings. The Morgan fingerprint density at radius 2 is 1.80 bits per heavy atom. The molecule has 3 nitrogen and oxygen atoms in total. The van der Waals surface area contributed by atoms with Crippen LogP contribution in [0.25, 0.3) is 27.9 Å². The molecule has 4 aromatic rings. The molecule has 0 radical (unpaired) electrons. The van der Waals surface area contributed by atoms with Crippen molar-refractivity contribution in [2.24, 2.45) is 0 Å². The number of rotatable bonds is 1. The first-order valence-corrected chi connectivity index (χ1v) is 6.66. The molecule has 0 aliphatic carbocycles. The first-order chi connectivity index (χ1) is 9.72. The Morgan fingerprint density at radius 3 is 2.60 bits per heavy atom. The lowest BCUT2D eigenvalue weighted by molar-refractivity contribution is 0.561. The van der Waals surface area contributed by atoms with Crippen LogP contribution in [0, 0.1) is 13.8 Å². The Kier molecular flexibility index (Phi) is 2.24. The Balaban J connectivity index is 1.91. The van der Waals surface area contributed by atoms with Gasteiger partial charge in [0.2, 0.25) is 0 Å². The molecule has 2 aromatic carbocycles. The summed E-state index contributed by atoms with van der Waals surface area (Å²) in [5.41, 5.74) is 3.15. The van der Waals surface area contributed by atoms with Gasteiger partial charge in [-0.25, -0.2) is 0 Å². The molecule has 2 heterocycles. The zero-order chi connectivity index (χ0) is 13.7. The lowest BCUT2D eigenvalue weighted by atomic mass is 10.1. The molecular weight excluding hydrogens is 248 g/mol. The first-order valence-electron chi connectivity index (χ1n) is 6.66. The highest BCUT2D eigenvalue weighted by atomic mass is 16.4. The van der Waals surface area contributed by atoms with Crippen LogP contribution < -0.4 is 0 Å². The van der Waals surface area contributed by atoms with Crippen molar-refractivity contribution in [3.63, 3.8) is 0 Å². The second kappa shape index (κ2) is 3.97. The average molecular weight is 262 g/mol. The van der Waals surface area contributed by atoms with E-state index in [4.69, 9.17) is 4.42 Å². The predicted molar refractivity (Wildman–Crippen MR) is 79.9 cm³/mol. The number of aromatic nitrogens is 2. The van der Waals surface area contributed by atoms with E-state index in [1.165, 1.54) is 10.8 Å². The van der Waals surface area contributed by atoms with Crippen molar-refractivity contribution in [2.75, 3.05) is 0 Å².